The van der Waals surface area contributed by atoms with Crippen molar-refractivity contribution < 1.29 is 0 Å². The molecule has 1 rings (SSSR count). The molecule has 1 aromatic carbocycles. The molecule has 19 heavy (non-hydrogen) atoms. The second-order valence-corrected chi connectivity index (χ2v) is 5.16. The van der Waals surface area contributed by atoms with Crippen molar-refractivity contribution in [3.63, 3.8) is 0 Å². The number of nitrogens with two attached hydrogens (primary N) is 2. The van der Waals surface area contributed by atoms with Crippen molar-refractivity contribution in [1.82, 2.24) is 4.90 Å². The van der Waals surface area contributed by atoms with E-state index in [9.17, 15) is 0 Å². The molecule has 0 atom stereocenters. The zero-order valence-corrected chi connectivity index (χ0v) is 12.3. The third kappa shape index (κ3) is 4.61. The van der Waals surface area contributed by atoms with Gasteiger partial charge in [0.05, 0.1) is 0 Å². The molecule has 0 saturated carbocycles. The molecule has 0 fully saturated rings. The van der Waals surface area contributed by atoms with E-state index in [1.165, 1.54) is 0 Å². The van der Waals surface area contributed by atoms with Crippen molar-refractivity contribution in [3.05, 3.63) is 33.8 Å². The van der Waals surface area contributed by atoms with Gasteiger partial charge in [0, 0.05) is 22.6 Å². The molecular formula is C12H17Cl2N5. The van der Waals surface area contributed by atoms with Gasteiger partial charge < -0.3 is 16.4 Å². The maximum atomic E-state index is 7.88. The Hall–Kier alpha value is -1.46. The highest BCUT2D eigenvalue weighted by molar-refractivity contribution is 6.35. The summed E-state index contributed by atoms with van der Waals surface area (Å²) in [4.78, 5) is 5.49. The highest BCUT2D eigenvalue weighted by Crippen LogP contribution is 2.23. The largest absolute Gasteiger partial charge is 0.370 e. The molecule has 7 heteroatoms. The molecule has 0 aliphatic heterocycles. The Balaban J connectivity index is 2.96. The maximum Gasteiger partial charge on any atom is 0.221 e. The predicted octanol–water partition coefficient (Wildman–Crippen LogP) is 2.41. The summed E-state index contributed by atoms with van der Waals surface area (Å²) in [5.41, 5.74) is 11.4. The van der Waals surface area contributed by atoms with Crippen molar-refractivity contribution in [1.29, 1.82) is 5.41 Å². The van der Waals surface area contributed by atoms with Crippen LogP contribution in [-0.4, -0.2) is 22.9 Å². The number of rotatable bonds is 3. The van der Waals surface area contributed by atoms with Gasteiger partial charge in [0.1, 0.15) is 0 Å². The standard InChI is InChI=1S/C12H17Cl2N5/c1-7(2)19(12(17)18-11(15)16)6-8-3-4-9(13)5-10(8)14/h3-5,7H,6H2,1-2H3,(H5,15,16,17,18). The summed E-state index contributed by atoms with van der Waals surface area (Å²) in [5, 5.41) is 9.00. The topological polar surface area (TPSA) is 91.5 Å². The fourth-order valence-electron chi connectivity index (χ4n) is 1.52. The van der Waals surface area contributed by atoms with Crippen molar-refractivity contribution in [3.8, 4) is 0 Å². The Bertz CT molecular complexity index is 495. The molecule has 0 heterocycles. The monoisotopic (exact) mass is 301 g/mol. The van der Waals surface area contributed by atoms with Crippen LogP contribution in [0, 0.1) is 5.41 Å². The van der Waals surface area contributed by atoms with Gasteiger partial charge in [-0.3, -0.25) is 5.41 Å². The number of hydrogen-bond acceptors (Lipinski definition) is 1. The lowest BCUT2D eigenvalue weighted by Gasteiger charge is -2.27. The Labute approximate surface area is 122 Å². The summed E-state index contributed by atoms with van der Waals surface area (Å²) in [6.07, 6.45) is 0. The molecule has 1 aromatic rings. The Morgan fingerprint density at radius 2 is 2.00 bits per heavy atom. The lowest BCUT2D eigenvalue weighted by Crippen LogP contribution is -2.37. The summed E-state index contributed by atoms with van der Waals surface area (Å²) < 4.78 is 0. The third-order valence-electron chi connectivity index (χ3n) is 2.49. The first-order valence-corrected chi connectivity index (χ1v) is 6.45. The SMILES string of the molecule is CC(C)N(Cc1ccc(Cl)cc1Cl)C(=N)N=C(N)N. The van der Waals surface area contributed by atoms with Gasteiger partial charge in [-0.25, -0.2) is 0 Å². The van der Waals surface area contributed by atoms with Crippen molar-refractivity contribution in [2.45, 2.75) is 26.4 Å². The van der Waals surface area contributed by atoms with Gasteiger partial charge in [-0.2, -0.15) is 4.99 Å². The zero-order valence-electron chi connectivity index (χ0n) is 10.8. The Kier molecular flexibility index (Phi) is 5.44. The summed E-state index contributed by atoms with van der Waals surface area (Å²) in [5.74, 6) is -0.140. The number of aliphatic imine (C=N–C) groups is 1. The molecule has 0 unspecified atom stereocenters. The van der Waals surface area contributed by atoms with E-state index >= 15 is 0 Å². The Morgan fingerprint density at radius 1 is 1.37 bits per heavy atom. The molecule has 5 N–H and O–H groups in total. The average molecular weight is 302 g/mol. The highest BCUT2D eigenvalue weighted by atomic mass is 35.5. The highest BCUT2D eigenvalue weighted by Gasteiger charge is 2.15. The van der Waals surface area contributed by atoms with Crippen molar-refractivity contribution >= 4 is 35.1 Å². The smallest absolute Gasteiger partial charge is 0.221 e. The number of nitrogens with zero attached hydrogens (tertiary/aromatic N) is 2. The molecule has 5 nitrogen and oxygen atoms in total. The maximum absolute atomic E-state index is 7.88. The van der Waals surface area contributed by atoms with E-state index in [1.54, 1.807) is 17.0 Å². The van der Waals surface area contributed by atoms with Crippen molar-refractivity contribution in [2.24, 2.45) is 16.5 Å². The van der Waals surface area contributed by atoms with Crippen LogP contribution in [0.3, 0.4) is 0 Å². The third-order valence-corrected chi connectivity index (χ3v) is 3.07. The lowest BCUT2D eigenvalue weighted by molar-refractivity contribution is 0.337. The first-order chi connectivity index (χ1) is 8.81. The van der Waals surface area contributed by atoms with Gasteiger partial charge in [0.15, 0.2) is 5.96 Å². The summed E-state index contributed by atoms with van der Waals surface area (Å²) in [6.45, 7) is 4.32. The van der Waals surface area contributed by atoms with E-state index in [0.717, 1.165) is 5.56 Å². The fourth-order valence-corrected chi connectivity index (χ4v) is 1.99. The van der Waals surface area contributed by atoms with Gasteiger partial charge in [0.25, 0.3) is 0 Å². The number of halogens is 2. The number of guanidine groups is 2. The van der Waals surface area contributed by atoms with E-state index in [4.69, 9.17) is 40.1 Å². The lowest BCUT2D eigenvalue weighted by atomic mass is 10.2. The normalized spacial score (nSPS) is 10.4. The van der Waals surface area contributed by atoms with E-state index in [-0.39, 0.29) is 18.0 Å². The zero-order chi connectivity index (χ0) is 14.6. The summed E-state index contributed by atoms with van der Waals surface area (Å²) in [7, 11) is 0. The van der Waals surface area contributed by atoms with E-state index in [2.05, 4.69) is 4.99 Å². The predicted molar refractivity (Wildman–Crippen MR) is 80.7 cm³/mol. The first-order valence-electron chi connectivity index (χ1n) is 5.70. The molecule has 0 amide bonds. The van der Waals surface area contributed by atoms with Crippen LogP contribution in [0.15, 0.2) is 23.2 Å². The minimum atomic E-state index is -0.141. The quantitative estimate of drug-likeness (QED) is 0.591. The molecule has 0 radical (unpaired) electrons. The van der Waals surface area contributed by atoms with Gasteiger partial charge in [-0.05, 0) is 31.5 Å². The second kappa shape index (κ2) is 6.63. The fraction of sp³-hybridized carbons (Fsp3) is 0.333. The molecule has 0 aromatic heterocycles. The van der Waals surface area contributed by atoms with Gasteiger partial charge in [0.2, 0.25) is 5.96 Å². The number of benzene rings is 1. The van der Waals surface area contributed by atoms with E-state index in [1.807, 2.05) is 19.9 Å². The van der Waals surface area contributed by atoms with Crippen LogP contribution >= 0.6 is 23.2 Å². The van der Waals surface area contributed by atoms with Crippen LogP contribution in [0.25, 0.3) is 0 Å². The van der Waals surface area contributed by atoms with Crippen LogP contribution < -0.4 is 11.5 Å². The Morgan fingerprint density at radius 3 is 2.47 bits per heavy atom. The molecule has 0 spiro atoms. The van der Waals surface area contributed by atoms with Gasteiger partial charge in [-0.15, -0.1) is 0 Å². The molecule has 0 bridgehead atoms. The van der Waals surface area contributed by atoms with E-state index < -0.39 is 0 Å². The van der Waals surface area contributed by atoms with E-state index in [0.29, 0.717) is 16.6 Å². The minimum absolute atomic E-state index is 0.000941. The molecule has 0 saturated heterocycles. The van der Waals surface area contributed by atoms with Crippen LogP contribution in [0.5, 0.6) is 0 Å². The summed E-state index contributed by atoms with van der Waals surface area (Å²) >= 11 is 12.0. The second-order valence-electron chi connectivity index (χ2n) is 4.32. The van der Waals surface area contributed by atoms with Gasteiger partial charge in [-0.1, -0.05) is 29.3 Å². The molecule has 0 aliphatic rings. The number of nitrogens with one attached hydrogen (secondary N) is 1. The molecular weight excluding hydrogens is 285 g/mol. The minimum Gasteiger partial charge on any atom is -0.370 e. The van der Waals surface area contributed by atoms with Crippen LogP contribution in [0.4, 0.5) is 0 Å². The number of hydrogen-bond donors (Lipinski definition) is 3. The first kappa shape index (κ1) is 15.6. The van der Waals surface area contributed by atoms with Crippen LogP contribution in [0.1, 0.15) is 19.4 Å². The van der Waals surface area contributed by atoms with Crippen molar-refractivity contribution in [2.75, 3.05) is 0 Å². The van der Waals surface area contributed by atoms with Crippen LogP contribution in [0.2, 0.25) is 10.0 Å². The molecule has 0 aliphatic carbocycles. The van der Waals surface area contributed by atoms with Gasteiger partial charge >= 0.3 is 0 Å². The summed E-state index contributed by atoms with van der Waals surface area (Å²) in [6, 6.07) is 5.30. The molecule has 104 valence electrons. The van der Waals surface area contributed by atoms with Crippen LogP contribution in [-0.2, 0) is 6.54 Å². The average Bonchev–Trinajstić information content (AvgIpc) is 2.26.